The van der Waals surface area contributed by atoms with Gasteiger partial charge in [0.2, 0.25) is 11.8 Å². The smallest absolute Gasteiger partial charge is 0.248 e. The molecule has 152 valence electrons. The van der Waals surface area contributed by atoms with E-state index in [0.29, 0.717) is 35.7 Å². The van der Waals surface area contributed by atoms with Gasteiger partial charge in [-0.2, -0.15) is 0 Å². The molecule has 1 atom stereocenters. The van der Waals surface area contributed by atoms with E-state index in [2.05, 4.69) is 0 Å². The first kappa shape index (κ1) is 19.2. The standard InChI is InChI=1S/C21H20F2N2O4/c1-25-18(26)4-6-21(25,20(24)27)15-10-14(9-13-5-7-28-19(13)15)29-11-12-2-3-16(22)17(23)8-12/h2-3,8-10H,4-7,11H2,1H3,(H2,24,27). The summed E-state index contributed by atoms with van der Waals surface area (Å²) in [5, 5.41) is 0. The first-order valence-electron chi connectivity index (χ1n) is 9.26. The van der Waals surface area contributed by atoms with Gasteiger partial charge in [0.1, 0.15) is 18.1 Å². The summed E-state index contributed by atoms with van der Waals surface area (Å²) in [6.45, 7) is 0.454. The normalized spacial score (nSPS) is 20.5. The predicted octanol–water partition coefficient (Wildman–Crippen LogP) is 2.41. The molecule has 8 heteroatoms. The van der Waals surface area contributed by atoms with Crippen molar-refractivity contribution in [3.05, 3.63) is 58.7 Å². The number of ether oxygens (including phenoxy) is 2. The van der Waals surface area contributed by atoms with E-state index in [4.69, 9.17) is 15.2 Å². The quantitative estimate of drug-likeness (QED) is 0.833. The van der Waals surface area contributed by atoms with Crippen LogP contribution in [0, 0.1) is 11.6 Å². The largest absolute Gasteiger partial charge is 0.493 e. The second-order valence-corrected chi connectivity index (χ2v) is 7.27. The molecule has 2 amide bonds. The molecule has 2 N–H and O–H groups in total. The average Bonchev–Trinajstić information content (AvgIpc) is 3.28. The minimum absolute atomic E-state index is 0.00856. The third-order valence-corrected chi connectivity index (χ3v) is 5.65. The van der Waals surface area contributed by atoms with Gasteiger partial charge in [0, 0.05) is 31.0 Å². The molecule has 2 aliphatic heterocycles. The first-order chi connectivity index (χ1) is 13.8. The van der Waals surface area contributed by atoms with Crippen LogP contribution in [0.2, 0.25) is 0 Å². The average molecular weight is 402 g/mol. The highest BCUT2D eigenvalue weighted by atomic mass is 19.2. The van der Waals surface area contributed by atoms with Crippen LogP contribution in [0.4, 0.5) is 8.78 Å². The highest BCUT2D eigenvalue weighted by Gasteiger charge is 2.52. The third kappa shape index (κ3) is 3.08. The van der Waals surface area contributed by atoms with E-state index >= 15 is 0 Å². The number of fused-ring (bicyclic) bond motifs is 1. The maximum absolute atomic E-state index is 13.4. The Morgan fingerprint density at radius 3 is 2.69 bits per heavy atom. The molecule has 2 aromatic rings. The number of likely N-dealkylation sites (N-methyl/N-ethyl adjacent to an activating group) is 1. The van der Waals surface area contributed by atoms with Crippen molar-refractivity contribution in [2.75, 3.05) is 13.7 Å². The van der Waals surface area contributed by atoms with Gasteiger partial charge < -0.3 is 20.1 Å². The van der Waals surface area contributed by atoms with Gasteiger partial charge in [-0.1, -0.05) is 6.07 Å². The molecule has 0 bridgehead atoms. The van der Waals surface area contributed by atoms with Crippen LogP contribution in [0.1, 0.15) is 29.5 Å². The first-order valence-corrected chi connectivity index (χ1v) is 9.26. The Morgan fingerprint density at radius 2 is 2.03 bits per heavy atom. The molecular weight excluding hydrogens is 382 g/mol. The molecule has 1 unspecified atom stereocenters. The highest BCUT2D eigenvalue weighted by Crippen LogP contribution is 2.47. The summed E-state index contributed by atoms with van der Waals surface area (Å²) in [7, 11) is 1.55. The minimum Gasteiger partial charge on any atom is -0.493 e. The Kier molecular flexibility index (Phi) is 4.64. The molecule has 0 aliphatic carbocycles. The summed E-state index contributed by atoms with van der Waals surface area (Å²) in [4.78, 5) is 26.1. The van der Waals surface area contributed by atoms with E-state index in [9.17, 15) is 18.4 Å². The van der Waals surface area contributed by atoms with Crippen molar-refractivity contribution >= 4 is 11.8 Å². The number of nitrogens with zero attached hydrogens (tertiary/aromatic N) is 1. The number of carbonyl (C=O) groups is 2. The molecule has 4 rings (SSSR count). The molecule has 0 spiro atoms. The number of halogens is 2. The fraction of sp³-hybridized carbons (Fsp3) is 0.333. The van der Waals surface area contributed by atoms with E-state index in [1.807, 2.05) is 0 Å². The zero-order chi connectivity index (χ0) is 20.8. The Bertz CT molecular complexity index is 1010. The maximum Gasteiger partial charge on any atom is 0.248 e. The number of carbonyl (C=O) groups excluding carboxylic acids is 2. The topological polar surface area (TPSA) is 81.9 Å². The molecule has 1 fully saturated rings. The summed E-state index contributed by atoms with van der Waals surface area (Å²) in [6, 6.07) is 6.98. The van der Waals surface area contributed by atoms with Crippen LogP contribution in [-0.4, -0.2) is 30.4 Å². The third-order valence-electron chi connectivity index (χ3n) is 5.65. The van der Waals surface area contributed by atoms with E-state index in [1.165, 1.54) is 11.0 Å². The minimum atomic E-state index is -1.31. The molecule has 0 radical (unpaired) electrons. The molecule has 0 aromatic heterocycles. The maximum atomic E-state index is 13.4. The second kappa shape index (κ2) is 7.02. The summed E-state index contributed by atoms with van der Waals surface area (Å²) in [6.07, 6.45) is 1.07. The van der Waals surface area contributed by atoms with Crippen molar-refractivity contribution < 1.29 is 27.8 Å². The van der Waals surface area contributed by atoms with Gasteiger partial charge in [0.05, 0.1) is 6.61 Å². The fourth-order valence-electron chi connectivity index (χ4n) is 4.04. The van der Waals surface area contributed by atoms with Gasteiger partial charge in [-0.25, -0.2) is 8.78 Å². The Hall–Kier alpha value is -3.16. The number of benzene rings is 2. The van der Waals surface area contributed by atoms with Crippen LogP contribution < -0.4 is 15.2 Å². The molecule has 2 heterocycles. The SMILES string of the molecule is CN1C(=O)CCC1(C(N)=O)c1cc(OCc2ccc(F)c(F)c2)cc2c1OCC2. The highest BCUT2D eigenvalue weighted by molar-refractivity contribution is 5.95. The predicted molar refractivity (Wildman–Crippen MR) is 99.2 cm³/mol. The number of amides is 2. The molecule has 2 aliphatic rings. The van der Waals surface area contributed by atoms with Gasteiger partial charge in [0.25, 0.3) is 0 Å². The summed E-state index contributed by atoms with van der Waals surface area (Å²) < 4.78 is 38.1. The summed E-state index contributed by atoms with van der Waals surface area (Å²) in [5.74, 6) is -1.71. The van der Waals surface area contributed by atoms with E-state index in [0.717, 1.165) is 17.7 Å². The Morgan fingerprint density at radius 1 is 1.24 bits per heavy atom. The van der Waals surface area contributed by atoms with E-state index in [1.54, 1.807) is 19.2 Å². The molecule has 0 saturated carbocycles. The summed E-state index contributed by atoms with van der Waals surface area (Å²) in [5.41, 5.74) is 6.23. The van der Waals surface area contributed by atoms with Crippen molar-refractivity contribution in [2.45, 2.75) is 31.4 Å². The van der Waals surface area contributed by atoms with E-state index in [-0.39, 0.29) is 25.4 Å². The zero-order valence-corrected chi connectivity index (χ0v) is 15.8. The lowest BCUT2D eigenvalue weighted by Crippen LogP contribution is -2.50. The zero-order valence-electron chi connectivity index (χ0n) is 15.8. The number of hydrogen-bond donors (Lipinski definition) is 1. The number of hydrogen-bond acceptors (Lipinski definition) is 4. The van der Waals surface area contributed by atoms with Gasteiger partial charge in [-0.15, -0.1) is 0 Å². The van der Waals surface area contributed by atoms with Crippen LogP contribution in [0.5, 0.6) is 11.5 Å². The molecule has 29 heavy (non-hydrogen) atoms. The fourth-order valence-corrected chi connectivity index (χ4v) is 4.04. The van der Waals surface area contributed by atoms with Gasteiger partial charge >= 0.3 is 0 Å². The van der Waals surface area contributed by atoms with Crippen LogP contribution in [0.25, 0.3) is 0 Å². The van der Waals surface area contributed by atoms with Crippen LogP contribution in [-0.2, 0) is 28.2 Å². The lowest BCUT2D eigenvalue weighted by molar-refractivity contribution is -0.138. The van der Waals surface area contributed by atoms with Gasteiger partial charge in [0.15, 0.2) is 17.2 Å². The van der Waals surface area contributed by atoms with Crippen molar-refractivity contribution in [3.8, 4) is 11.5 Å². The van der Waals surface area contributed by atoms with Crippen LogP contribution in [0.15, 0.2) is 30.3 Å². The van der Waals surface area contributed by atoms with Gasteiger partial charge in [-0.3, -0.25) is 9.59 Å². The number of likely N-dealkylation sites (tertiary alicyclic amines) is 1. The number of primary amides is 1. The van der Waals surface area contributed by atoms with E-state index < -0.39 is 23.1 Å². The second-order valence-electron chi connectivity index (χ2n) is 7.27. The Labute approximate surface area is 166 Å². The molecule has 2 aromatic carbocycles. The molecule has 6 nitrogen and oxygen atoms in total. The van der Waals surface area contributed by atoms with Crippen LogP contribution >= 0.6 is 0 Å². The van der Waals surface area contributed by atoms with Crippen molar-refractivity contribution in [1.29, 1.82) is 0 Å². The molecule has 1 saturated heterocycles. The lowest BCUT2D eigenvalue weighted by atomic mass is 9.84. The van der Waals surface area contributed by atoms with Crippen LogP contribution in [0.3, 0.4) is 0 Å². The monoisotopic (exact) mass is 402 g/mol. The number of rotatable bonds is 5. The van der Waals surface area contributed by atoms with Gasteiger partial charge in [-0.05, 0) is 36.2 Å². The van der Waals surface area contributed by atoms with Crippen molar-refractivity contribution in [2.24, 2.45) is 5.73 Å². The van der Waals surface area contributed by atoms with Crippen molar-refractivity contribution in [1.82, 2.24) is 4.90 Å². The molecular formula is C21H20F2N2O4. The summed E-state index contributed by atoms with van der Waals surface area (Å²) >= 11 is 0. The number of nitrogens with two attached hydrogens (primary N) is 1. The lowest BCUT2D eigenvalue weighted by Gasteiger charge is -2.34. The Balaban J connectivity index is 1.72. The van der Waals surface area contributed by atoms with Crippen molar-refractivity contribution in [3.63, 3.8) is 0 Å².